The van der Waals surface area contributed by atoms with E-state index in [-0.39, 0.29) is 0 Å². The van der Waals surface area contributed by atoms with Gasteiger partial charge in [0.25, 0.3) is 0 Å². The molecule has 1 heterocycles. The van der Waals surface area contributed by atoms with Gasteiger partial charge in [0.15, 0.2) is 0 Å². The van der Waals surface area contributed by atoms with E-state index in [4.69, 9.17) is 4.74 Å². The summed E-state index contributed by atoms with van der Waals surface area (Å²) in [6.07, 6.45) is 2.74. The molecule has 1 aromatic heterocycles. The molecule has 3 nitrogen and oxygen atoms in total. The van der Waals surface area contributed by atoms with Gasteiger partial charge < -0.3 is 9.84 Å². The number of para-hydroxylation sites is 1. The van der Waals surface area contributed by atoms with Crippen molar-refractivity contribution in [2.45, 2.75) is 25.9 Å². The normalized spacial score (nSPS) is 12.3. The molecule has 4 heteroatoms. The van der Waals surface area contributed by atoms with Crippen LogP contribution in [0, 0.1) is 0 Å². The Morgan fingerprint density at radius 1 is 1.39 bits per heavy atom. The quantitative estimate of drug-likeness (QED) is 0.870. The van der Waals surface area contributed by atoms with Crippen molar-refractivity contribution >= 4 is 11.3 Å². The average Bonchev–Trinajstić information content (AvgIpc) is 2.90. The van der Waals surface area contributed by atoms with Gasteiger partial charge in [-0.1, -0.05) is 18.2 Å². The molecule has 0 aliphatic carbocycles. The summed E-state index contributed by atoms with van der Waals surface area (Å²) in [6, 6.07) is 7.65. The third-order valence-corrected chi connectivity index (χ3v) is 3.53. The van der Waals surface area contributed by atoms with Crippen LogP contribution in [-0.4, -0.2) is 16.7 Å². The topological polar surface area (TPSA) is 42.4 Å². The van der Waals surface area contributed by atoms with Gasteiger partial charge in [-0.2, -0.15) is 0 Å². The van der Waals surface area contributed by atoms with E-state index in [1.54, 1.807) is 17.5 Å². The molecule has 1 aromatic carbocycles. The van der Waals surface area contributed by atoms with Crippen molar-refractivity contribution in [3.8, 4) is 5.75 Å². The van der Waals surface area contributed by atoms with Crippen molar-refractivity contribution in [2.24, 2.45) is 0 Å². The Labute approximate surface area is 111 Å². The standard InChI is InChI=1S/C14H17NO2S/c1-2-17-13-6-4-3-5-11(13)12(16)7-8-14-15-9-10-18-14/h3-6,9-10,12,16H,2,7-8H2,1H3. The zero-order valence-corrected chi connectivity index (χ0v) is 11.2. The van der Waals surface area contributed by atoms with Gasteiger partial charge >= 0.3 is 0 Å². The van der Waals surface area contributed by atoms with Crippen LogP contribution in [0.2, 0.25) is 0 Å². The molecule has 0 fully saturated rings. The largest absolute Gasteiger partial charge is 0.493 e. The fourth-order valence-corrected chi connectivity index (χ4v) is 2.47. The lowest BCUT2D eigenvalue weighted by atomic mass is 10.0. The minimum atomic E-state index is -0.503. The Morgan fingerprint density at radius 2 is 2.22 bits per heavy atom. The molecule has 0 saturated carbocycles. The highest BCUT2D eigenvalue weighted by Crippen LogP contribution is 2.28. The second kappa shape index (κ2) is 6.52. The number of ether oxygens (including phenoxy) is 1. The van der Waals surface area contributed by atoms with Crippen molar-refractivity contribution in [3.05, 3.63) is 46.4 Å². The monoisotopic (exact) mass is 263 g/mol. The molecule has 2 rings (SSSR count). The van der Waals surface area contributed by atoms with Crippen molar-refractivity contribution < 1.29 is 9.84 Å². The zero-order valence-electron chi connectivity index (χ0n) is 10.4. The van der Waals surface area contributed by atoms with Gasteiger partial charge in [0.1, 0.15) is 5.75 Å². The van der Waals surface area contributed by atoms with Crippen molar-refractivity contribution in [1.82, 2.24) is 4.98 Å². The van der Waals surface area contributed by atoms with Gasteiger partial charge in [0, 0.05) is 23.6 Å². The Bertz CT molecular complexity index is 470. The SMILES string of the molecule is CCOc1ccccc1C(O)CCc1nccs1. The number of nitrogens with zero attached hydrogens (tertiary/aromatic N) is 1. The number of rotatable bonds is 6. The summed E-state index contributed by atoms with van der Waals surface area (Å²) >= 11 is 1.62. The van der Waals surface area contributed by atoms with E-state index in [0.717, 1.165) is 22.7 Å². The fraction of sp³-hybridized carbons (Fsp3) is 0.357. The Hall–Kier alpha value is -1.39. The first-order valence-electron chi connectivity index (χ1n) is 6.09. The maximum Gasteiger partial charge on any atom is 0.125 e. The highest BCUT2D eigenvalue weighted by atomic mass is 32.1. The first-order chi connectivity index (χ1) is 8.81. The summed E-state index contributed by atoms with van der Waals surface area (Å²) in [7, 11) is 0. The number of thiazole rings is 1. The molecule has 1 unspecified atom stereocenters. The van der Waals surface area contributed by atoms with Gasteiger partial charge in [-0.25, -0.2) is 4.98 Å². The van der Waals surface area contributed by atoms with Gasteiger partial charge in [0.05, 0.1) is 17.7 Å². The summed E-state index contributed by atoms with van der Waals surface area (Å²) in [5, 5.41) is 13.2. The molecule has 0 radical (unpaired) electrons. The summed E-state index contributed by atoms with van der Waals surface area (Å²) in [6.45, 7) is 2.55. The molecule has 96 valence electrons. The molecule has 2 aromatic rings. The highest BCUT2D eigenvalue weighted by molar-refractivity contribution is 7.09. The summed E-state index contributed by atoms with van der Waals surface area (Å²) in [5.74, 6) is 0.770. The lowest BCUT2D eigenvalue weighted by molar-refractivity contribution is 0.162. The average molecular weight is 263 g/mol. The molecule has 0 amide bonds. The molecule has 0 spiro atoms. The Morgan fingerprint density at radius 3 is 2.94 bits per heavy atom. The molecular formula is C14H17NO2S. The number of aromatic nitrogens is 1. The number of hydrogen-bond donors (Lipinski definition) is 1. The predicted octanol–water partition coefficient (Wildman–Crippen LogP) is 3.21. The van der Waals surface area contributed by atoms with Crippen LogP contribution in [0.3, 0.4) is 0 Å². The third kappa shape index (κ3) is 3.31. The lowest BCUT2D eigenvalue weighted by Gasteiger charge is -2.15. The number of hydrogen-bond acceptors (Lipinski definition) is 4. The molecule has 0 bridgehead atoms. The molecule has 0 aliphatic heterocycles. The molecular weight excluding hydrogens is 246 g/mol. The van der Waals surface area contributed by atoms with E-state index in [1.807, 2.05) is 36.6 Å². The first kappa shape index (κ1) is 13.1. The number of aryl methyl sites for hydroxylation is 1. The van der Waals surface area contributed by atoms with Crippen molar-refractivity contribution in [3.63, 3.8) is 0 Å². The molecule has 18 heavy (non-hydrogen) atoms. The second-order valence-corrected chi connectivity index (χ2v) is 4.93. The summed E-state index contributed by atoms with van der Waals surface area (Å²) in [5.41, 5.74) is 0.857. The maximum atomic E-state index is 10.2. The van der Waals surface area contributed by atoms with Crippen LogP contribution in [0.15, 0.2) is 35.8 Å². The van der Waals surface area contributed by atoms with Gasteiger partial charge in [-0.15, -0.1) is 11.3 Å². The van der Waals surface area contributed by atoms with Crippen LogP contribution in [-0.2, 0) is 6.42 Å². The van der Waals surface area contributed by atoms with E-state index in [1.165, 1.54) is 0 Å². The number of aliphatic hydroxyl groups excluding tert-OH is 1. The van der Waals surface area contributed by atoms with Crippen LogP contribution in [0.4, 0.5) is 0 Å². The smallest absolute Gasteiger partial charge is 0.125 e. The molecule has 0 aliphatic rings. The zero-order chi connectivity index (χ0) is 12.8. The van der Waals surface area contributed by atoms with E-state index >= 15 is 0 Å². The van der Waals surface area contributed by atoms with Crippen molar-refractivity contribution in [2.75, 3.05) is 6.61 Å². The van der Waals surface area contributed by atoms with Gasteiger partial charge in [-0.05, 0) is 19.4 Å². The van der Waals surface area contributed by atoms with E-state index in [0.29, 0.717) is 13.0 Å². The van der Waals surface area contributed by atoms with Crippen LogP contribution >= 0.6 is 11.3 Å². The van der Waals surface area contributed by atoms with E-state index in [2.05, 4.69) is 4.98 Å². The summed E-state index contributed by atoms with van der Waals surface area (Å²) in [4.78, 5) is 4.22. The lowest BCUT2D eigenvalue weighted by Crippen LogP contribution is -2.03. The van der Waals surface area contributed by atoms with Gasteiger partial charge in [0.2, 0.25) is 0 Å². The second-order valence-electron chi connectivity index (χ2n) is 3.95. The van der Waals surface area contributed by atoms with Crippen LogP contribution < -0.4 is 4.74 Å². The third-order valence-electron chi connectivity index (χ3n) is 2.69. The minimum absolute atomic E-state index is 0.503. The maximum absolute atomic E-state index is 10.2. The van der Waals surface area contributed by atoms with Crippen LogP contribution in [0.1, 0.15) is 30.0 Å². The van der Waals surface area contributed by atoms with E-state index in [9.17, 15) is 5.11 Å². The molecule has 0 saturated heterocycles. The molecule has 1 atom stereocenters. The minimum Gasteiger partial charge on any atom is -0.493 e. The predicted molar refractivity (Wildman–Crippen MR) is 73.0 cm³/mol. The Balaban J connectivity index is 2.01. The van der Waals surface area contributed by atoms with Crippen LogP contribution in [0.5, 0.6) is 5.75 Å². The highest BCUT2D eigenvalue weighted by Gasteiger charge is 2.13. The van der Waals surface area contributed by atoms with Crippen molar-refractivity contribution in [1.29, 1.82) is 0 Å². The Kier molecular flexibility index (Phi) is 4.73. The number of benzene rings is 1. The number of aliphatic hydroxyl groups is 1. The van der Waals surface area contributed by atoms with Crippen LogP contribution in [0.25, 0.3) is 0 Å². The first-order valence-corrected chi connectivity index (χ1v) is 6.97. The fourth-order valence-electron chi connectivity index (χ4n) is 1.83. The van der Waals surface area contributed by atoms with Gasteiger partial charge in [-0.3, -0.25) is 0 Å². The molecule has 1 N–H and O–H groups in total. The summed E-state index contributed by atoms with van der Waals surface area (Å²) < 4.78 is 5.52. The van der Waals surface area contributed by atoms with E-state index < -0.39 is 6.10 Å².